The minimum atomic E-state index is -4.83. The zero-order chi connectivity index (χ0) is 19.9. The van der Waals surface area contributed by atoms with Crippen molar-refractivity contribution < 1.29 is 13.2 Å². The fourth-order valence-electron chi connectivity index (χ4n) is 2.70. The van der Waals surface area contributed by atoms with Gasteiger partial charge in [0.15, 0.2) is 0 Å². The summed E-state index contributed by atoms with van der Waals surface area (Å²) in [5, 5.41) is 0.301. The van der Waals surface area contributed by atoms with Crippen LogP contribution in [-0.2, 0) is 13.2 Å². The van der Waals surface area contributed by atoms with Crippen molar-refractivity contribution in [1.29, 1.82) is 0 Å². The van der Waals surface area contributed by atoms with Crippen molar-refractivity contribution in [2.75, 3.05) is 0 Å². The van der Waals surface area contributed by atoms with E-state index in [9.17, 15) is 22.8 Å². The molecular weight excluding hydrogens is 404 g/mol. The number of hydrogen-bond acceptors (Lipinski definition) is 2. The Morgan fingerprint density at radius 2 is 1.48 bits per heavy atom. The van der Waals surface area contributed by atoms with Crippen LogP contribution in [-0.4, -0.2) is 9.13 Å². The third-order valence-corrected chi connectivity index (χ3v) is 4.55. The van der Waals surface area contributed by atoms with Crippen LogP contribution >= 0.6 is 23.2 Å². The molecule has 0 saturated carbocycles. The van der Waals surface area contributed by atoms with E-state index < -0.39 is 23.1 Å². The molecule has 3 aromatic rings. The van der Waals surface area contributed by atoms with Crippen molar-refractivity contribution in [3.63, 3.8) is 0 Å². The number of alkyl halides is 3. The minimum absolute atomic E-state index is 0.0241. The zero-order valence-corrected chi connectivity index (χ0v) is 15.2. The molecule has 0 bridgehead atoms. The molecule has 3 rings (SSSR count). The van der Waals surface area contributed by atoms with Crippen molar-refractivity contribution >= 4 is 23.2 Å². The Kier molecular flexibility index (Phi) is 4.92. The van der Waals surface area contributed by atoms with Gasteiger partial charge in [0, 0.05) is 18.7 Å². The predicted molar refractivity (Wildman–Crippen MR) is 97.7 cm³/mol. The van der Waals surface area contributed by atoms with Crippen molar-refractivity contribution in [1.82, 2.24) is 9.13 Å². The lowest BCUT2D eigenvalue weighted by Crippen LogP contribution is -2.40. The molecule has 140 valence electrons. The van der Waals surface area contributed by atoms with E-state index in [0.29, 0.717) is 26.3 Å². The summed E-state index contributed by atoms with van der Waals surface area (Å²) in [4.78, 5) is 24.6. The standard InChI is InChI=1S/C18H11Cl2F3N2O2/c1-24-14(18(21,22)23)9-15(26)25(17(24)27)11-7-12(19)16(13(20)8-11)10-5-3-2-4-6-10/h2-9H,1H3. The molecule has 0 spiro atoms. The third-order valence-electron chi connectivity index (χ3n) is 3.96. The van der Waals surface area contributed by atoms with Crippen LogP contribution in [0.15, 0.2) is 58.1 Å². The van der Waals surface area contributed by atoms with E-state index in [1.54, 1.807) is 24.3 Å². The molecule has 0 saturated heterocycles. The number of hydrogen-bond donors (Lipinski definition) is 0. The number of rotatable bonds is 2. The van der Waals surface area contributed by atoms with E-state index in [-0.39, 0.29) is 15.7 Å². The van der Waals surface area contributed by atoms with Gasteiger partial charge in [-0.15, -0.1) is 0 Å². The van der Waals surface area contributed by atoms with Crippen molar-refractivity contribution in [3.05, 3.63) is 85.1 Å². The molecule has 0 aliphatic rings. The second-order valence-corrected chi connectivity index (χ2v) is 6.51. The summed E-state index contributed by atoms with van der Waals surface area (Å²) >= 11 is 12.6. The van der Waals surface area contributed by atoms with Gasteiger partial charge in [0.2, 0.25) is 0 Å². The summed E-state index contributed by atoms with van der Waals surface area (Å²) in [7, 11) is 0.933. The number of aromatic nitrogens is 2. The lowest BCUT2D eigenvalue weighted by Gasteiger charge is -2.15. The molecule has 0 aliphatic carbocycles. The molecule has 0 unspecified atom stereocenters. The highest BCUT2D eigenvalue weighted by Crippen LogP contribution is 2.36. The molecular formula is C18H11Cl2F3N2O2. The van der Waals surface area contributed by atoms with Crippen LogP contribution in [0.5, 0.6) is 0 Å². The molecule has 0 aliphatic heterocycles. The predicted octanol–water partition coefficient (Wildman–Crippen LogP) is 4.53. The molecule has 9 heteroatoms. The van der Waals surface area contributed by atoms with E-state index in [0.717, 1.165) is 7.05 Å². The van der Waals surface area contributed by atoms with Crippen LogP contribution in [0, 0.1) is 0 Å². The van der Waals surface area contributed by atoms with Crippen LogP contribution in [0.2, 0.25) is 10.0 Å². The van der Waals surface area contributed by atoms with Gasteiger partial charge >= 0.3 is 11.9 Å². The van der Waals surface area contributed by atoms with Gasteiger partial charge in [-0.3, -0.25) is 9.36 Å². The maximum atomic E-state index is 13.0. The second kappa shape index (κ2) is 6.90. The fraction of sp³-hybridized carbons (Fsp3) is 0.111. The summed E-state index contributed by atoms with van der Waals surface area (Å²) in [6, 6.07) is 11.9. The molecule has 0 atom stereocenters. The van der Waals surface area contributed by atoms with Gasteiger partial charge in [0.05, 0.1) is 15.7 Å². The smallest absolute Gasteiger partial charge is 0.292 e. The van der Waals surface area contributed by atoms with Gasteiger partial charge in [-0.05, 0) is 17.7 Å². The molecule has 0 N–H and O–H groups in total. The number of nitrogens with zero attached hydrogens (tertiary/aromatic N) is 2. The zero-order valence-electron chi connectivity index (χ0n) is 13.7. The van der Waals surface area contributed by atoms with E-state index >= 15 is 0 Å². The maximum absolute atomic E-state index is 13.0. The molecule has 1 heterocycles. The van der Waals surface area contributed by atoms with Gasteiger partial charge in [0.25, 0.3) is 5.56 Å². The Morgan fingerprint density at radius 1 is 0.926 bits per heavy atom. The quantitative estimate of drug-likeness (QED) is 0.618. The first kappa shape index (κ1) is 19.3. The van der Waals surface area contributed by atoms with Crippen LogP contribution in [0.3, 0.4) is 0 Å². The Balaban J connectivity index is 2.24. The SMILES string of the molecule is Cn1c(C(F)(F)F)cc(=O)n(-c2cc(Cl)c(-c3ccccc3)c(Cl)c2)c1=O. The van der Waals surface area contributed by atoms with Crippen LogP contribution in [0.4, 0.5) is 13.2 Å². The summed E-state index contributed by atoms with van der Waals surface area (Å²) in [6.07, 6.45) is -4.83. The average Bonchev–Trinajstić information content (AvgIpc) is 2.57. The lowest BCUT2D eigenvalue weighted by molar-refractivity contribution is -0.144. The number of halogens is 5. The highest BCUT2D eigenvalue weighted by Gasteiger charge is 2.35. The van der Waals surface area contributed by atoms with E-state index in [2.05, 4.69) is 0 Å². The maximum Gasteiger partial charge on any atom is 0.431 e. The average molecular weight is 415 g/mol. The minimum Gasteiger partial charge on any atom is -0.292 e. The van der Waals surface area contributed by atoms with E-state index in [4.69, 9.17) is 23.2 Å². The Labute approximate surface area is 161 Å². The molecule has 2 aromatic carbocycles. The third kappa shape index (κ3) is 3.52. The Morgan fingerprint density at radius 3 is 2.00 bits per heavy atom. The lowest BCUT2D eigenvalue weighted by atomic mass is 10.1. The monoisotopic (exact) mass is 414 g/mol. The molecule has 1 aromatic heterocycles. The first-order chi connectivity index (χ1) is 12.6. The summed E-state index contributed by atoms with van der Waals surface area (Å²) in [5.74, 6) is 0. The normalized spacial score (nSPS) is 11.6. The first-order valence-corrected chi connectivity index (χ1v) is 8.32. The Hall–Kier alpha value is -2.51. The van der Waals surface area contributed by atoms with Crippen molar-refractivity contribution in [3.8, 4) is 16.8 Å². The summed E-state index contributed by atoms with van der Waals surface area (Å²) in [5.41, 5.74) is -2.46. The van der Waals surface area contributed by atoms with Crippen molar-refractivity contribution in [2.45, 2.75) is 6.18 Å². The topological polar surface area (TPSA) is 44.0 Å². The van der Waals surface area contributed by atoms with Gasteiger partial charge in [-0.2, -0.15) is 13.2 Å². The van der Waals surface area contributed by atoms with Crippen LogP contribution in [0.1, 0.15) is 5.69 Å². The number of benzene rings is 2. The molecule has 0 amide bonds. The first-order valence-electron chi connectivity index (χ1n) is 7.56. The van der Waals surface area contributed by atoms with Crippen LogP contribution < -0.4 is 11.2 Å². The van der Waals surface area contributed by atoms with Gasteiger partial charge < -0.3 is 0 Å². The van der Waals surface area contributed by atoms with E-state index in [1.807, 2.05) is 6.07 Å². The molecule has 4 nitrogen and oxygen atoms in total. The molecule has 0 fully saturated rings. The van der Waals surface area contributed by atoms with Crippen LogP contribution in [0.25, 0.3) is 16.8 Å². The van der Waals surface area contributed by atoms with Gasteiger partial charge in [-0.1, -0.05) is 53.5 Å². The summed E-state index contributed by atoms with van der Waals surface area (Å²) < 4.78 is 39.8. The molecule has 0 radical (unpaired) electrons. The van der Waals surface area contributed by atoms with Gasteiger partial charge in [-0.25, -0.2) is 9.36 Å². The fourth-order valence-corrected chi connectivity index (χ4v) is 3.40. The largest absolute Gasteiger partial charge is 0.431 e. The van der Waals surface area contributed by atoms with E-state index in [1.165, 1.54) is 12.1 Å². The van der Waals surface area contributed by atoms with Crippen molar-refractivity contribution in [2.24, 2.45) is 7.05 Å². The Bertz CT molecular complexity index is 1110. The highest BCUT2D eigenvalue weighted by molar-refractivity contribution is 6.39. The van der Waals surface area contributed by atoms with Gasteiger partial charge in [0.1, 0.15) is 5.69 Å². The molecule has 27 heavy (non-hydrogen) atoms. The highest BCUT2D eigenvalue weighted by atomic mass is 35.5. The summed E-state index contributed by atoms with van der Waals surface area (Å²) in [6.45, 7) is 0. The second-order valence-electron chi connectivity index (χ2n) is 5.69.